The zero-order valence-electron chi connectivity index (χ0n) is 16.8. The Labute approximate surface area is 192 Å². The van der Waals surface area contributed by atoms with Crippen LogP contribution in [0.1, 0.15) is 18.4 Å². The van der Waals surface area contributed by atoms with Gasteiger partial charge in [-0.1, -0.05) is 66.5 Å². The van der Waals surface area contributed by atoms with Crippen LogP contribution >= 0.6 is 23.2 Å². The number of nitrogens with one attached hydrogen (secondary N) is 1. The predicted molar refractivity (Wildman–Crippen MR) is 125 cm³/mol. The van der Waals surface area contributed by atoms with Gasteiger partial charge in [0.15, 0.2) is 0 Å². The second kappa shape index (κ2) is 10.2. The zero-order chi connectivity index (χ0) is 22.4. The molecule has 31 heavy (non-hydrogen) atoms. The minimum atomic E-state index is -4.02. The maximum Gasteiger partial charge on any atom is 0.264 e. The van der Waals surface area contributed by atoms with Crippen molar-refractivity contribution in [3.63, 3.8) is 0 Å². The number of hydrogen-bond donors (Lipinski definition) is 1. The average molecular weight is 477 g/mol. The molecule has 0 aliphatic heterocycles. The largest absolute Gasteiger partial charge is 0.354 e. The molecule has 0 radical (unpaired) electrons. The number of halogens is 2. The molecular weight excluding hydrogens is 455 g/mol. The molecule has 3 aromatic carbocycles. The smallest absolute Gasteiger partial charge is 0.264 e. The van der Waals surface area contributed by atoms with E-state index in [0.29, 0.717) is 22.3 Å². The molecule has 1 atom stereocenters. The molecule has 0 spiro atoms. The fourth-order valence-electron chi connectivity index (χ4n) is 3.03. The molecule has 5 nitrogen and oxygen atoms in total. The summed E-state index contributed by atoms with van der Waals surface area (Å²) in [4.78, 5) is 12.7. The van der Waals surface area contributed by atoms with Crippen LogP contribution in [0.5, 0.6) is 0 Å². The molecule has 3 aromatic rings. The molecule has 1 amide bonds. The average Bonchev–Trinajstić information content (AvgIpc) is 2.76. The Morgan fingerprint density at radius 1 is 0.935 bits per heavy atom. The van der Waals surface area contributed by atoms with Gasteiger partial charge >= 0.3 is 0 Å². The van der Waals surface area contributed by atoms with Crippen LogP contribution in [0.2, 0.25) is 10.0 Å². The van der Waals surface area contributed by atoms with Crippen LogP contribution < -0.4 is 9.62 Å². The van der Waals surface area contributed by atoms with E-state index in [1.807, 2.05) is 37.3 Å². The van der Waals surface area contributed by atoms with E-state index >= 15 is 0 Å². The highest BCUT2D eigenvalue weighted by atomic mass is 35.5. The number of amides is 1. The summed E-state index contributed by atoms with van der Waals surface area (Å²) in [6.45, 7) is 1.99. The van der Waals surface area contributed by atoms with Gasteiger partial charge in [-0.3, -0.25) is 9.10 Å². The van der Waals surface area contributed by atoms with Crippen LogP contribution in [0.25, 0.3) is 0 Å². The molecule has 0 heterocycles. The van der Waals surface area contributed by atoms with Crippen LogP contribution in [0, 0.1) is 0 Å². The molecule has 162 valence electrons. The molecule has 0 unspecified atom stereocenters. The summed E-state index contributed by atoms with van der Waals surface area (Å²) in [5.41, 5.74) is 1.39. The lowest BCUT2D eigenvalue weighted by Crippen LogP contribution is -2.41. The highest BCUT2D eigenvalue weighted by Gasteiger charge is 2.27. The number of anilines is 1. The van der Waals surface area contributed by atoms with Gasteiger partial charge in [-0.2, -0.15) is 0 Å². The summed E-state index contributed by atoms with van der Waals surface area (Å²) >= 11 is 12.0. The molecule has 0 aromatic heterocycles. The Morgan fingerprint density at radius 2 is 1.61 bits per heavy atom. The highest BCUT2D eigenvalue weighted by molar-refractivity contribution is 7.92. The van der Waals surface area contributed by atoms with E-state index in [9.17, 15) is 13.2 Å². The molecule has 0 bridgehead atoms. The fraction of sp³-hybridized carbons (Fsp3) is 0.174. The standard InChI is InChI=1S/C23H22Cl2N2O3S/c1-17(18-6-3-2-4-7-18)15-26-23(28)16-27(21-9-5-8-20(25)14-21)31(29,30)22-12-10-19(24)11-13-22/h2-14,17H,15-16H2,1H3,(H,26,28)/t17-/m1/s1. The normalized spacial score (nSPS) is 12.2. The second-order valence-electron chi connectivity index (χ2n) is 7.06. The van der Waals surface area contributed by atoms with Crippen LogP contribution in [0.15, 0.2) is 83.8 Å². The number of nitrogens with zero attached hydrogens (tertiary/aromatic N) is 1. The molecule has 0 saturated carbocycles. The van der Waals surface area contributed by atoms with Gasteiger partial charge in [0.2, 0.25) is 5.91 Å². The fourth-order valence-corrected chi connectivity index (χ4v) is 4.76. The number of benzene rings is 3. The van der Waals surface area contributed by atoms with Crippen molar-refractivity contribution >= 4 is 44.8 Å². The third-order valence-electron chi connectivity index (χ3n) is 4.76. The zero-order valence-corrected chi connectivity index (χ0v) is 19.2. The van der Waals surface area contributed by atoms with Crippen molar-refractivity contribution in [3.05, 3.63) is 94.5 Å². The number of hydrogen-bond acceptors (Lipinski definition) is 3. The number of rotatable bonds is 8. The Kier molecular flexibility index (Phi) is 7.59. The van der Waals surface area contributed by atoms with Gasteiger partial charge in [0.25, 0.3) is 10.0 Å². The van der Waals surface area contributed by atoms with Gasteiger partial charge < -0.3 is 5.32 Å². The summed E-state index contributed by atoms with van der Waals surface area (Å²) in [7, 11) is -4.02. The second-order valence-corrected chi connectivity index (χ2v) is 9.80. The molecule has 0 aliphatic carbocycles. The first-order valence-corrected chi connectivity index (χ1v) is 11.8. The van der Waals surface area contributed by atoms with E-state index in [0.717, 1.165) is 9.87 Å². The SMILES string of the molecule is C[C@H](CNC(=O)CN(c1cccc(Cl)c1)S(=O)(=O)c1ccc(Cl)cc1)c1ccccc1. The van der Waals surface area contributed by atoms with Crippen molar-refractivity contribution in [2.24, 2.45) is 0 Å². The molecule has 8 heteroatoms. The molecule has 0 aliphatic rings. The summed E-state index contributed by atoms with van der Waals surface area (Å²) in [5, 5.41) is 3.61. The number of carbonyl (C=O) groups excluding carboxylic acids is 1. The summed E-state index contributed by atoms with van der Waals surface area (Å²) < 4.78 is 27.7. The van der Waals surface area contributed by atoms with E-state index in [2.05, 4.69) is 5.32 Å². The molecule has 3 rings (SSSR count). The Hall–Kier alpha value is -2.54. The molecular formula is C23H22Cl2N2O3S. The number of carbonyl (C=O) groups is 1. The van der Waals surface area contributed by atoms with Crippen molar-refractivity contribution < 1.29 is 13.2 Å². The van der Waals surface area contributed by atoms with E-state index in [1.165, 1.54) is 30.3 Å². The lowest BCUT2D eigenvalue weighted by atomic mass is 10.0. The molecule has 1 N–H and O–H groups in total. The third kappa shape index (κ3) is 6.00. The summed E-state index contributed by atoms with van der Waals surface area (Å²) in [6, 6.07) is 22.0. The monoisotopic (exact) mass is 476 g/mol. The molecule has 0 fully saturated rings. The first kappa shape index (κ1) is 23.1. The Morgan fingerprint density at radius 3 is 2.26 bits per heavy atom. The third-order valence-corrected chi connectivity index (χ3v) is 7.03. The van der Waals surface area contributed by atoms with Crippen molar-refractivity contribution in [3.8, 4) is 0 Å². The lowest BCUT2D eigenvalue weighted by molar-refractivity contribution is -0.119. The lowest BCUT2D eigenvalue weighted by Gasteiger charge is -2.24. The van der Waals surface area contributed by atoms with Crippen molar-refractivity contribution in [1.82, 2.24) is 5.32 Å². The van der Waals surface area contributed by atoms with Crippen molar-refractivity contribution in [1.29, 1.82) is 0 Å². The summed E-state index contributed by atoms with van der Waals surface area (Å²) in [6.07, 6.45) is 0. The molecule has 0 saturated heterocycles. The van der Waals surface area contributed by atoms with Gasteiger partial charge in [-0.15, -0.1) is 0 Å². The minimum Gasteiger partial charge on any atom is -0.354 e. The highest BCUT2D eigenvalue weighted by Crippen LogP contribution is 2.26. The van der Waals surface area contributed by atoms with Gasteiger partial charge in [0.1, 0.15) is 6.54 Å². The van der Waals surface area contributed by atoms with Gasteiger partial charge in [-0.05, 0) is 53.9 Å². The van der Waals surface area contributed by atoms with E-state index in [4.69, 9.17) is 23.2 Å². The maximum absolute atomic E-state index is 13.3. The topological polar surface area (TPSA) is 66.5 Å². The summed E-state index contributed by atoms with van der Waals surface area (Å²) in [5.74, 6) is -0.335. The van der Waals surface area contributed by atoms with Crippen molar-refractivity contribution in [2.75, 3.05) is 17.4 Å². The quantitative estimate of drug-likeness (QED) is 0.491. The van der Waals surface area contributed by atoms with Gasteiger partial charge in [-0.25, -0.2) is 8.42 Å². The van der Waals surface area contributed by atoms with Crippen LogP contribution in [-0.4, -0.2) is 27.4 Å². The number of sulfonamides is 1. The van der Waals surface area contributed by atoms with E-state index in [1.54, 1.807) is 18.2 Å². The first-order valence-electron chi connectivity index (χ1n) is 9.63. The first-order chi connectivity index (χ1) is 14.8. The minimum absolute atomic E-state index is 0.0299. The van der Waals surface area contributed by atoms with E-state index in [-0.39, 0.29) is 17.4 Å². The van der Waals surface area contributed by atoms with Crippen molar-refractivity contribution in [2.45, 2.75) is 17.7 Å². The predicted octanol–water partition coefficient (Wildman–Crippen LogP) is 5.11. The Balaban J connectivity index is 1.81. The van der Waals surface area contributed by atoms with Crippen LogP contribution in [0.4, 0.5) is 5.69 Å². The van der Waals surface area contributed by atoms with Gasteiger partial charge in [0, 0.05) is 16.6 Å². The van der Waals surface area contributed by atoms with E-state index < -0.39 is 15.9 Å². The Bertz CT molecular complexity index is 1140. The maximum atomic E-state index is 13.3. The van der Waals surface area contributed by atoms with Crippen LogP contribution in [0.3, 0.4) is 0 Å². The van der Waals surface area contributed by atoms with Crippen LogP contribution in [-0.2, 0) is 14.8 Å². The van der Waals surface area contributed by atoms with Gasteiger partial charge in [0.05, 0.1) is 10.6 Å².